The average Bonchev–Trinajstić information content (AvgIpc) is 2.46. The molecule has 16 heteroatoms. The van der Waals surface area contributed by atoms with Crippen molar-refractivity contribution in [3.05, 3.63) is 0 Å². The molecule has 0 aromatic rings. The molecular formula is C12H18FeN3O12. The number of carboxylic acid groups (broad SMARTS) is 6. The van der Waals surface area contributed by atoms with Gasteiger partial charge in [-0.15, -0.1) is 0 Å². The van der Waals surface area contributed by atoms with Crippen molar-refractivity contribution in [2.24, 2.45) is 17.2 Å². The van der Waals surface area contributed by atoms with Gasteiger partial charge in [0.15, 0.2) is 0 Å². The second-order valence-electron chi connectivity index (χ2n) is 4.57. The van der Waals surface area contributed by atoms with Crippen LogP contribution in [0.25, 0.3) is 0 Å². The molecule has 0 amide bonds. The van der Waals surface area contributed by atoms with Crippen LogP contribution in [0, 0.1) is 0 Å². The molecule has 28 heavy (non-hydrogen) atoms. The summed E-state index contributed by atoms with van der Waals surface area (Å²) in [5.74, 6) is -8.36. The molecule has 0 aliphatic carbocycles. The first-order chi connectivity index (χ1) is 12.1. The Morgan fingerprint density at radius 2 is 0.714 bits per heavy atom. The molecule has 161 valence electrons. The first-order valence-electron chi connectivity index (χ1n) is 6.66. The van der Waals surface area contributed by atoms with Gasteiger partial charge in [0.05, 0.1) is 55.3 Å². The first-order valence-corrected chi connectivity index (χ1v) is 6.66. The minimum atomic E-state index is -1.54. The SMILES string of the molecule is N[C@@H](CC(=O)O)C(=O)[O-].N[C@@H](CC(=O)O)C(=O)[O-].N[C@@H](CC(=O)O)C(=O)[O-].[Fe+3]. The number of hydrogen-bond acceptors (Lipinski definition) is 12. The molecule has 3 atom stereocenters. The number of carboxylic acids is 6. The van der Waals surface area contributed by atoms with Crippen molar-refractivity contribution in [3.8, 4) is 0 Å². The van der Waals surface area contributed by atoms with Gasteiger partial charge >= 0.3 is 35.0 Å². The molecule has 15 nitrogen and oxygen atoms in total. The quantitative estimate of drug-likeness (QED) is 0.177. The number of rotatable bonds is 9. The predicted molar refractivity (Wildman–Crippen MR) is 75.7 cm³/mol. The summed E-state index contributed by atoms with van der Waals surface area (Å²) in [5.41, 5.74) is 14.3. The van der Waals surface area contributed by atoms with Crippen molar-refractivity contribution >= 4 is 35.8 Å². The Bertz CT molecular complexity index is 480. The van der Waals surface area contributed by atoms with Gasteiger partial charge in [0.1, 0.15) is 0 Å². The van der Waals surface area contributed by atoms with Gasteiger partial charge in [-0.3, -0.25) is 14.4 Å². The van der Waals surface area contributed by atoms with E-state index in [0.717, 1.165) is 0 Å². The summed E-state index contributed by atoms with van der Waals surface area (Å²) >= 11 is 0. The smallest absolute Gasteiger partial charge is 0.548 e. The number of aliphatic carboxylic acids is 6. The van der Waals surface area contributed by atoms with Crippen LogP contribution in [-0.4, -0.2) is 69.3 Å². The summed E-state index contributed by atoms with van der Waals surface area (Å²) in [7, 11) is 0. The molecule has 0 aromatic carbocycles. The summed E-state index contributed by atoms with van der Waals surface area (Å²) < 4.78 is 0. The average molecular weight is 452 g/mol. The maximum absolute atomic E-state index is 9.74. The Kier molecular flexibility index (Phi) is 20.7. The zero-order valence-corrected chi connectivity index (χ0v) is 15.1. The van der Waals surface area contributed by atoms with Gasteiger partial charge in [-0.2, -0.15) is 0 Å². The number of carbonyl (C=O) groups is 6. The molecule has 0 spiro atoms. The molecule has 1 radical (unpaired) electrons. The van der Waals surface area contributed by atoms with Crippen molar-refractivity contribution in [1.82, 2.24) is 0 Å². The van der Waals surface area contributed by atoms with Gasteiger partial charge in [0.25, 0.3) is 0 Å². The molecule has 0 saturated heterocycles. The second kappa shape index (κ2) is 17.6. The summed E-state index contributed by atoms with van der Waals surface area (Å²) in [6.45, 7) is 0. The standard InChI is InChI=1S/3C4H7NO4.Fe/c3*5-2(4(8)9)1-3(6)7;/h3*2H,1,5H2,(H,6,7)(H,8,9);/q;;;+3/p-3/t3*2-;/m000./s1. The third kappa shape index (κ3) is 25.5. The molecule has 0 fully saturated rings. The Morgan fingerprint density at radius 3 is 0.750 bits per heavy atom. The molecule has 0 aliphatic rings. The van der Waals surface area contributed by atoms with Crippen LogP contribution in [0.5, 0.6) is 0 Å². The fourth-order valence-electron chi connectivity index (χ4n) is 0.814. The third-order valence-electron chi connectivity index (χ3n) is 2.09. The fraction of sp³-hybridized carbons (Fsp3) is 0.500. The Hall–Kier alpha value is -2.78. The van der Waals surface area contributed by atoms with Crippen molar-refractivity contribution in [1.29, 1.82) is 0 Å². The van der Waals surface area contributed by atoms with E-state index in [-0.39, 0.29) is 17.1 Å². The molecule has 0 bridgehead atoms. The molecule has 9 N–H and O–H groups in total. The molecule has 0 aromatic heterocycles. The molecule has 0 unspecified atom stereocenters. The summed E-state index contributed by atoms with van der Waals surface area (Å²) in [5, 5.41) is 53.1. The summed E-state index contributed by atoms with van der Waals surface area (Å²) in [6, 6.07) is -4.20. The zero-order valence-electron chi connectivity index (χ0n) is 14.0. The van der Waals surface area contributed by atoms with E-state index in [1.165, 1.54) is 0 Å². The third-order valence-corrected chi connectivity index (χ3v) is 2.09. The van der Waals surface area contributed by atoms with E-state index < -0.39 is 73.2 Å². The van der Waals surface area contributed by atoms with E-state index in [1.807, 2.05) is 0 Å². The van der Waals surface area contributed by atoms with Crippen molar-refractivity contribution < 1.29 is 76.5 Å². The van der Waals surface area contributed by atoms with E-state index in [1.54, 1.807) is 0 Å². The van der Waals surface area contributed by atoms with Crippen LogP contribution in [0.1, 0.15) is 19.3 Å². The molecule has 0 saturated carbocycles. The Labute approximate surface area is 167 Å². The zero-order chi connectivity index (χ0) is 22.3. The maximum atomic E-state index is 9.74. The van der Waals surface area contributed by atoms with Gasteiger partial charge in [-0.1, -0.05) is 0 Å². The number of hydrogen-bond donors (Lipinski definition) is 6. The largest absolute Gasteiger partial charge is 3.00 e. The Balaban J connectivity index is -0.000000152. The van der Waals surface area contributed by atoms with Gasteiger partial charge in [-0.25, -0.2) is 0 Å². The van der Waals surface area contributed by atoms with Crippen molar-refractivity contribution in [2.45, 2.75) is 37.4 Å². The second-order valence-corrected chi connectivity index (χ2v) is 4.57. The van der Waals surface area contributed by atoms with Crippen LogP contribution in [-0.2, 0) is 45.8 Å². The molecular weight excluding hydrogens is 434 g/mol. The molecule has 0 aliphatic heterocycles. The van der Waals surface area contributed by atoms with Gasteiger partial charge in [0.2, 0.25) is 0 Å². The minimum absolute atomic E-state index is 0. The monoisotopic (exact) mass is 452 g/mol. The van der Waals surface area contributed by atoms with Crippen LogP contribution in [0.3, 0.4) is 0 Å². The van der Waals surface area contributed by atoms with Crippen molar-refractivity contribution in [3.63, 3.8) is 0 Å². The first kappa shape index (κ1) is 32.9. The summed E-state index contributed by atoms with van der Waals surface area (Å²) in [6.07, 6.45) is -1.78. The summed E-state index contributed by atoms with van der Waals surface area (Å²) in [4.78, 5) is 58.4. The Morgan fingerprint density at radius 1 is 0.571 bits per heavy atom. The van der Waals surface area contributed by atoms with Gasteiger partial charge in [-0.05, 0) is 0 Å². The number of carbonyl (C=O) groups excluding carboxylic acids is 3. The predicted octanol–water partition coefficient (Wildman–Crippen LogP) is -7.39. The minimum Gasteiger partial charge on any atom is -0.548 e. The van der Waals surface area contributed by atoms with Crippen LogP contribution in [0.2, 0.25) is 0 Å². The van der Waals surface area contributed by atoms with E-state index in [9.17, 15) is 44.1 Å². The van der Waals surface area contributed by atoms with E-state index in [0.29, 0.717) is 0 Å². The molecule has 0 rings (SSSR count). The van der Waals surface area contributed by atoms with Crippen LogP contribution >= 0.6 is 0 Å². The van der Waals surface area contributed by atoms with E-state index in [2.05, 4.69) is 0 Å². The van der Waals surface area contributed by atoms with Crippen molar-refractivity contribution in [2.75, 3.05) is 0 Å². The topological polar surface area (TPSA) is 310 Å². The van der Waals surface area contributed by atoms with Crippen LogP contribution < -0.4 is 32.5 Å². The molecule has 0 heterocycles. The maximum Gasteiger partial charge on any atom is 3.00 e. The number of nitrogens with two attached hydrogens (primary N) is 3. The normalized spacial score (nSPS) is 12.1. The van der Waals surface area contributed by atoms with Crippen LogP contribution in [0.4, 0.5) is 0 Å². The van der Waals surface area contributed by atoms with Gasteiger partial charge in [0, 0.05) is 0 Å². The fourth-order valence-corrected chi connectivity index (χ4v) is 0.814. The van der Waals surface area contributed by atoms with Crippen LogP contribution in [0.15, 0.2) is 0 Å². The van der Waals surface area contributed by atoms with E-state index >= 15 is 0 Å². The van der Waals surface area contributed by atoms with Gasteiger partial charge < -0.3 is 62.2 Å². The van der Waals surface area contributed by atoms with E-state index in [4.69, 9.17) is 32.5 Å².